The lowest BCUT2D eigenvalue weighted by Crippen LogP contribution is -2.22. The fraction of sp³-hybridized carbons (Fsp3) is 0.385. The summed E-state index contributed by atoms with van der Waals surface area (Å²) in [5.41, 5.74) is 1.60. The van der Waals surface area contributed by atoms with E-state index in [1.54, 1.807) is 12.1 Å². The van der Waals surface area contributed by atoms with Gasteiger partial charge in [-0.15, -0.1) is 5.10 Å². The maximum Gasteiger partial charge on any atom is 0.137 e. The largest absolute Gasteiger partial charge is 0.379 e. The first-order valence-electron chi connectivity index (χ1n) is 5.97. The van der Waals surface area contributed by atoms with E-state index in [9.17, 15) is 4.39 Å². The van der Waals surface area contributed by atoms with Crippen molar-refractivity contribution in [3.05, 3.63) is 40.4 Å². The van der Waals surface area contributed by atoms with Crippen molar-refractivity contribution in [3.8, 4) is 0 Å². The molecule has 0 spiro atoms. The van der Waals surface area contributed by atoms with E-state index in [0.29, 0.717) is 11.0 Å². The van der Waals surface area contributed by atoms with E-state index in [2.05, 4.69) is 52.3 Å². The molecule has 0 atom stereocenters. The normalized spacial score (nSPS) is 11.6. The number of nitrogens with one attached hydrogen (secondary N) is 1. The van der Waals surface area contributed by atoms with E-state index in [1.807, 2.05) is 10.9 Å². The highest BCUT2D eigenvalue weighted by atomic mass is 79.9. The van der Waals surface area contributed by atoms with Crippen molar-refractivity contribution in [3.63, 3.8) is 0 Å². The first-order chi connectivity index (χ1) is 8.86. The third-order valence-corrected chi connectivity index (χ3v) is 3.23. The molecule has 0 saturated carbocycles. The Morgan fingerprint density at radius 3 is 2.68 bits per heavy atom. The molecule has 0 aliphatic heterocycles. The second-order valence-electron chi connectivity index (χ2n) is 5.31. The van der Waals surface area contributed by atoms with Gasteiger partial charge in [0.2, 0.25) is 0 Å². The van der Waals surface area contributed by atoms with E-state index in [-0.39, 0.29) is 11.4 Å². The monoisotopic (exact) mass is 326 g/mol. The van der Waals surface area contributed by atoms with Crippen LogP contribution in [0.1, 0.15) is 26.5 Å². The van der Waals surface area contributed by atoms with Crippen LogP contribution < -0.4 is 5.32 Å². The molecule has 102 valence electrons. The summed E-state index contributed by atoms with van der Waals surface area (Å²) in [7, 11) is 0. The number of rotatable bonds is 3. The van der Waals surface area contributed by atoms with Crippen LogP contribution in [0.3, 0.4) is 0 Å². The Labute approximate surface area is 120 Å². The molecule has 19 heavy (non-hydrogen) atoms. The average molecular weight is 327 g/mol. The van der Waals surface area contributed by atoms with E-state index in [4.69, 9.17) is 0 Å². The maximum atomic E-state index is 13.1. The van der Waals surface area contributed by atoms with Gasteiger partial charge in [-0.2, -0.15) is 0 Å². The summed E-state index contributed by atoms with van der Waals surface area (Å²) in [5.74, 6) is -0.274. The first kappa shape index (κ1) is 14.0. The van der Waals surface area contributed by atoms with Gasteiger partial charge in [-0.05, 0) is 54.9 Å². The number of benzene rings is 1. The van der Waals surface area contributed by atoms with Gasteiger partial charge >= 0.3 is 0 Å². The van der Waals surface area contributed by atoms with Crippen molar-refractivity contribution in [1.29, 1.82) is 0 Å². The number of hydrogen-bond acceptors (Lipinski definition) is 3. The summed E-state index contributed by atoms with van der Waals surface area (Å²) in [6.45, 7) is 6.75. The van der Waals surface area contributed by atoms with Gasteiger partial charge in [0.05, 0.1) is 22.8 Å². The van der Waals surface area contributed by atoms with Gasteiger partial charge in [-0.1, -0.05) is 5.21 Å². The minimum absolute atomic E-state index is 0.0792. The Morgan fingerprint density at radius 2 is 2.11 bits per heavy atom. The molecule has 0 amide bonds. The van der Waals surface area contributed by atoms with Crippen LogP contribution in [-0.4, -0.2) is 15.0 Å². The van der Waals surface area contributed by atoms with Crippen LogP contribution in [0.4, 0.5) is 10.1 Å². The van der Waals surface area contributed by atoms with Gasteiger partial charge in [-0.3, -0.25) is 0 Å². The highest BCUT2D eigenvalue weighted by Gasteiger charge is 2.14. The van der Waals surface area contributed by atoms with E-state index < -0.39 is 0 Å². The Kier molecular flexibility index (Phi) is 3.89. The van der Waals surface area contributed by atoms with Crippen molar-refractivity contribution in [2.24, 2.45) is 0 Å². The molecule has 2 aromatic rings. The zero-order chi connectivity index (χ0) is 14.0. The topological polar surface area (TPSA) is 42.7 Å². The fourth-order valence-electron chi connectivity index (χ4n) is 1.51. The second kappa shape index (κ2) is 5.28. The van der Waals surface area contributed by atoms with E-state index >= 15 is 0 Å². The van der Waals surface area contributed by atoms with E-state index in [0.717, 1.165) is 11.4 Å². The highest BCUT2D eigenvalue weighted by molar-refractivity contribution is 9.10. The smallest absolute Gasteiger partial charge is 0.137 e. The minimum Gasteiger partial charge on any atom is -0.379 e. The molecule has 1 N–H and O–H groups in total. The predicted octanol–water partition coefficient (Wildman–Crippen LogP) is 3.55. The van der Waals surface area contributed by atoms with Crippen LogP contribution in [0.5, 0.6) is 0 Å². The van der Waals surface area contributed by atoms with E-state index in [1.165, 1.54) is 6.07 Å². The van der Waals surface area contributed by atoms with Gasteiger partial charge in [0.15, 0.2) is 0 Å². The molecule has 0 saturated heterocycles. The summed E-state index contributed by atoms with van der Waals surface area (Å²) in [6.07, 6.45) is 1.91. The second-order valence-corrected chi connectivity index (χ2v) is 6.16. The van der Waals surface area contributed by atoms with Crippen LogP contribution in [0.25, 0.3) is 0 Å². The number of anilines is 1. The molecule has 0 aliphatic carbocycles. The summed E-state index contributed by atoms with van der Waals surface area (Å²) in [5, 5.41) is 11.4. The molecule has 1 aromatic carbocycles. The third-order valence-electron chi connectivity index (χ3n) is 2.62. The number of hydrogen-bond donors (Lipinski definition) is 1. The molecule has 0 bridgehead atoms. The van der Waals surface area contributed by atoms with Crippen LogP contribution in [0, 0.1) is 5.82 Å². The zero-order valence-corrected chi connectivity index (χ0v) is 12.7. The van der Waals surface area contributed by atoms with Gasteiger partial charge in [0.1, 0.15) is 11.5 Å². The molecule has 0 aliphatic rings. The lowest BCUT2D eigenvalue weighted by Gasteiger charge is -2.17. The molecule has 6 heteroatoms. The molecular weight excluding hydrogens is 311 g/mol. The Balaban J connectivity index is 2.02. The number of halogens is 2. The van der Waals surface area contributed by atoms with Crippen molar-refractivity contribution in [2.75, 3.05) is 5.32 Å². The lowest BCUT2D eigenvalue weighted by atomic mass is 10.1. The summed E-state index contributed by atoms with van der Waals surface area (Å²) in [6, 6.07) is 4.80. The van der Waals surface area contributed by atoms with Crippen molar-refractivity contribution >= 4 is 21.6 Å². The highest BCUT2D eigenvalue weighted by Crippen LogP contribution is 2.20. The molecule has 0 fully saturated rings. The zero-order valence-electron chi connectivity index (χ0n) is 11.1. The fourth-order valence-corrected chi connectivity index (χ4v) is 1.88. The Hall–Kier alpha value is -1.43. The van der Waals surface area contributed by atoms with Crippen molar-refractivity contribution < 1.29 is 4.39 Å². The maximum absolute atomic E-state index is 13.1. The molecule has 0 unspecified atom stereocenters. The van der Waals surface area contributed by atoms with Gasteiger partial charge in [-0.25, -0.2) is 9.07 Å². The Bertz CT molecular complexity index is 574. The SMILES string of the molecule is CC(C)(C)n1cc(CNc2ccc(F)c(Br)c2)nn1. The molecular formula is C13H16BrFN4. The molecule has 4 nitrogen and oxygen atoms in total. The predicted molar refractivity (Wildman–Crippen MR) is 76.4 cm³/mol. The van der Waals surface area contributed by atoms with Crippen molar-refractivity contribution in [2.45, 2.75) is 32.9 Å². The van der Waals surface area contributed by atoms with Crippen LogP contribution in [0.15, 0.2) is 28.9 Å². The van der Waals surface area contributed by atoms with Crippen molar-refractivity contribution in [1.82, 2.24) is 15.0 Å². The number of aromatic nitrogens is 3. The molecule has 2 rings (SSSR count). The summed E-state index contributed by atoms with van der Waals surface area (Å²) in [4.78, 5) is 0. The van der Waals surface area contributed by atoms with Gasteiger partial charge in [0, 0.05) is 5.69 Å². The molecule has 0 radical (unpaired) electrons. The Morgan fingerprint density at radius 1 is 1.37 bits per heavy atom. The standard InChI is InChI=1S/C13H16BrFN4/c1-13(2,3)19-8-10(17-18-19)7-16-9-4-5-12(15)11(14)6-9/h4-6,8,16H,7H2,1-3H3. The number of nitrogens with zero attached hydrogens (tertiary/aromatic N) is 3. The molecule has 1 aromatic heterocycles. The average Bonchev–Trinajstić information content (AvgIpc) is 2.79. The lowest BCUT2D eigenvalue weighted by molar-refractivity contribution is 0.347. The van der Waals surface area contributed by atoms with Gasteiger partial charge in [0.25, 0.3) is 0 Å². The van der Waals surface area contributed by atoms with Crippen LogP contribution in [0.2, 0.25) is 0 Å². The van der Waals surface area contributed by atoms with Crippen LogP contribution in [-0.2, 0) is 12.1 Å². The molecule has 1 heterocycles. The third kappa shape index (κ3) is 3.53. The summed E-state index contributed by atoms with van der Waals surface area (Å²) >= 11 is 3.16. The minimum atomic E-state index is -0.274. The summed E-state index contributed by atoms with van der Waals surface area (Å²) < 4.78 is 15.4. The van der Waals surface area contributed by atoms with Gasteiger partial charge < -0.3 is 5.32 Å². The first-order valence-corrected chi connectivity index (χ1v) is 6.76. The van der Waals surface area contributed by atoms with Crippen LogP contribution >= 0.6 is 15.9 Å². The quantitative estimate of drug-likeness (QED) is 0.937.